The maximum atomic E-state index is 9.79. The number of benzene rings is 5. The predicted octanol–water partition coefficient (Wildman–Crippen LogP) is 8.35. The average molecular weight is 658 g/mol. The molecule has 5 aromatic rings. The van der Waals surface area contributed by atoms with Gasteiger partial charge in [0.25, 0.3) is 0 Å². The molecule has 6 rings (SSSR count). The van der Waals surface area contributed by atoms with Crippen molar-refractivity contribution in [3.63, 3.8) is 0 Å². The number of hydrogen-bond acceptors (Lipinski definition) is 7. The molecule has 0 aromatic heterocycles. The number of nitriles is 1. The zero-order valence-corrected chi connectivity index (χ0v) is 27.5. The molecule has 1 saturated heterocycles. The Morgan fingerprint density at radius 1 is 0.542 bits per heavy atom. The molecular weight excluding hydrogens is 619 g/mol. The molecule has 0 spiro atoms. The molecule has 7 heteroatoms. The van der Waals surface area contributed by atoms with Crippen LogP contribution >= 0.6 is 11.8 Å². The lowest BCUT2D eigenvalue weighted by Crippen LogP contribution is -2.60. The Bertz CT molecular complexity index is 1700. The lowest BCUT2D eigenvalue weighted by atomic mass is 9.98. The van der Waals surface area contributed by atoms with Crippen LogP contribution in [0.15, 0.2) is 150 Å². The van der Waals surface area contributed by atoms with E-state index in [1.807, 2.05) is 121 Å². The van der Waals surface area contributed by atoms with Gasteiger partial charge >= 0.3 is 0 Å². The molecule has 5 atom stereocenters. The summed E-state index contributed by atoms with van der Waals surface area (Å²) in [5.74, 6) is 0. The topological polar surface area (TPSA) is 69.9 Å². The zero-order valence-electron chi connectivity index (χ0n) is 26.7. The Morgan fingerprint density at radius 3 is 1.65 bits per heavy atom. The molecule has 0 radical (unpaired) electrons. The van der Waals surface area contributed by atoms with E-state index in [9.17, 15) is 5.26 Å². The average Bonchev–Trinajstić information content (AvgIpc) is 3.15. The van der Waals surface area contributed by atoms with Crippen LogP contribution in [0.25, 0.3) is 0 Å². The molecule has 0 aliphatic carbocycles. The second-order valence-corrected chi connectivity index (χ2v) is 12.7. The fourth-order valence-corrected chi connectivity index (χ4v) is 6.80. The van der Waals surface area contributed by atoms with Gasteiger partial charge in [-0.3, -0.25) is 0 Å². The molecule has 5 aromatic carbocycles. The summed E-state index contributed by atoms with van der Waals surface area (Å²) in [5, 5.41) is 9.79. The summed E-state index contributed by atoms with van der Waals surface area (Å²) in [6.45, 7) is 1.70. The van der Waals surface area contributed by atoms with E-state index in [4.69, 9.17) is 23.7 Å². The summed E-state index contributed by atoms with van der Waals surface area (Å²) in [6, 6.07) is 50.3. The zero-order chi connectivity index (χ0) is 32.8. The van der Waals surface area contributed by atoms with Crippen LogP contribution in [0, 0.1) is 11.3 Å². The van der Waals surface area contributed by atoms with Gasteiger partial charge in [-0.05, 0) is 40.5 Å². The van der Waals surface area contributed by atoms with Crippen molar-refractivity contribution >= 4 is 11.8 Å². The van der Waals surface area contributed by atoms with E-state index in [0.29, 0.717) is 32.0 Å². The second kappa shape index (κ2) is 17.8. The van der Waals surface area contributed by atoms with Gasteiger partial charge < -0.3 is 23.7 Å². The van der Waals surface area contributed by atoms with E-state index in [0.717, 1.165) is 27.1 Å². The molecule has 0 N–H and O–H groups in total. The molecule has 1 aliphatic rings. The summed E-state index contributed by atoms with van der Waals surface area (Å²) in [6.07, 6.45) is -2.04. The van der Waals surface area contributed by atoms with Crippen LogP contribution in [-0.4, -0.2) is 36.5 Å². The van der Waals surface area contributed by atoms with Crippen LogP contribution in [0.1, 0.15) is 27.8 Å². The molecule has 0 amide bonds. The van der Waals surface area contributed by atoms with Gasteiger partial charge in [0, 0.05) is 4.90 Å². The highest BCUT2D eigenvalue weighted by Crippen LogP contribution is 2.38. The Hall–Kier alpha value is -4.26. The number of rotatable bonds is 15. The Labute approximate surface area is 287 Å². The Balaban J connectivity index is 1.33. The highest BCUT2D eigenvalue weighted by atomic mass is 32.2. The monoisotopic (exact) mass is 657 g/mol. The predicted molar refractivity (Wildman–Crippen MR) is 187 cm³/mol. The van der Waals surface area contributed by atoms with Gasteiger partial charge in [-0.25, -0.2) is 0 Å². The van der Waals surface area contributed by atoms with Gasteiger partial charge in [0.15, 0.2) is 0 Å². The Kier molecular flexibility index (Phi) is 12.4. The van der Waals surface area contributed by atoms with Crippen LogP contribution in [0.5, 0.6) is 0 Å². The third-order valence-corrected chi connectivity index (χ3v) is 9.28. The maximum Gasteiger partial charge on any atom is 0.137 e. The summed E-state index contributed by atoms with van der Waals surface area (Å²) in [7, 11) is 0. The van der Waals surface area contributed by atoms with Crippen molar-refractivity contribution in [1.82, 2.24) is 0 Å². The fraction of sp³-hybridized carbons (Fsp3) is 0.244. The van der Waals surface area contributed by atoms with Crippen molar-refractivity contribution in [2.24, 2.45) is 0 Å². The highest BCUT2D eigenvalue weighted by molar-refractivity contribution is 7.99. The van der Waals surface area contributed by atoms with Crippen molar-refractivity contribution in [3.8, 4) is 6.07 Å². The second-order valence-electron chi connectivity index (χ2n) is 11.5. The highest BCUT2D eigenvalue weighted by Gasteiger charge is 2.49. The maximum absolute atomic E-state index is 9.79. The first-order chi connectivity index (χ1) is 23.8. The summed E-state index contributed by atoms with van der Waals surface area (Å²) in [5.41, 5.74) is 4.10. The molecule has 0 saturated carbocycles. The van der Waals surface area contributed by atoms with E-state index in [1.54, 1.807) is 11.8 Å². The van der Waals surface area contributed by atoms with Crippen LogP contribution < -0.4 is 0 Å². The minimum atomic E-state index is -0.545. The number of ether oxygens (including phenoxy) is 5. The molecule has 1 heterocycles. The van der Waals surface area contributed by atoms with E-state index >= 15 is 0 Å². The fourth-order valence-electron chi connectivity index (χ4n) is 5.65. The van der Waals surface area contributed by atoms with Crippen LogP contribution in [0.3, 0.4) is 0 Å². The van der Waals surface area contributed by atoms with E-state index in [-0.39, 0.29) is 6.61 Å². The normalized spacial score (nSPS) is 20.6. The van der Waals surface area contributed by atoms with Crippen molar-refractivity contribution < 1.29 is 23.7 Å². The van der Waals surface area contributed by atoms with Crippen molar-refractivity contribution in [3.05, 3.63) is 173 Å². The van der Waals surface area contributed by atoms with E-state index < -0.39 is 29.9 Å². The van der Waals surface area contributed by atoms with Gasteiger partial charge in [0.1, 0.15) is 29.9 Å². The molecule has 0 bridgehead atoms. The van der Waals surface area contributed by atoms with Crippen molar-refractivity contribution in [2.45, 2.75) is 61.2 Å². The molecule has 244 valence electrons. The summed E-state index contributed by atoms with van der Waals surface area (Å²) < 4.78 is 33.5. The lowest BCUT2D eigenvalue weighted by Gasteiger charge is -2.46. The Morgan fingerprint density at radius 2 is 1.04 bits per heavy atom. The smallest absolute Gasteiger partial charge is 0.137 e. The summed E-state index contributed by atoms with van der Waals surface area (Å²) >= 11 is 1.59. The third-order valence-electron chi connectivity index (χ3n) is 8.12. The standard InChI is InChI=1S/C41H39NO5S/c42-25-34-21-13-14-22-35(34)29-46-40-39(45-28-33-19-9-3-10-20-33)38(44-27-32-17-7-2-8-18-32)37(30-43-26-31-15-5-1-6-16-31)47-41(40)48-36-23-11-4-12-24-36/h1-24,37-41H,26-30H2/t37-,38-,39+,40-,41+/m1/s1. The van der Waals surface area contributed by atoms with Gasteiger partial charge in [0.05, 0.1) is 44.7 Å². The van der Waals surface area contributed by atoms with Crippen LogP contribution in [0.4, 0.5) is 0 Å². The molecule has 48 heavy (non-hydrogen) atoms. The number of nitrogens with zero attached hydrogens (tertiary/aromatic N) is 1. The van der Waals surface area contributed by atoms with Gasteiger partial charge in [-0.2, -0.15) is 5.26 Å². The van der Waals surface area contributed by atoms with E-state index in [1.165, 1.54) is 0 Å². The minimum Gasteiger partial charge on any atom is -0.374 e. The molecule has 1 aliphatic heterocycles. The largest absolute Gasteiger partial charge is 0.374 e. The quantitative estimate of drug-likeness (QED) is 0.112. The summed E-state index contributed by atoms with van der Waals surface area (Å²) in [4.78, 5) is 1.04. The first kappa shape index (κ1) is 33.6. The van der Waals surface area contributed by atoms with Gasteiger partial charge in [-0.15, -0.1) is 0 Å². The minimum absolute atomic E-state index is 0.218. The SMILES string of the molecule is N#Cc1ccccc1CO[C@@H]1[C@@H](OCc2ccccc2)[C@H](OCc2ccccc2)[C@@H](COCc2ccccc2)O[C@H]1Sc1ccccc1. The molecule has 1 fully saturated rings. The van der Waals surface area contributed by atoms with E-state index in [2.05, 4.69) is 30.3 Å². The van der Waals surface area contributed by atoms with Gasteiger partial charge in [-0.1, -0.05) is 139 Å². The first-order valence-corrected chi connectivity index (χ1v) is 17.0. The third kappa shape index (κ3) is 9.42. The molecule has 0 unspecified atom stereocenters. The van der Waals surface area contributed by atoms with Crippen molar-refractivity contribution in [2.75, 3.05) is 6.61 Å². The molecule has 6 nitrogen and oxygen atoms in total. The van der Waals surface area contributed by atoms with Crippen LogP contribution in [-0.2, 0) is 50.1 Å². The molecular formula is C41H39NO5S. The van der Waals surface area contributed by atoms with Crippen molar-refractivity contribution in [1.29, 1.82) is 5.26 Å². The lowest BCUT2D eigenvalue weighted by molar-refractivity contribution is -0.254. The number of hydrogen-bond donors (Lipinski definition) is 0. The van der Waals surface area contributed by atoms with Crippen LogP contribution in [0.2, 0.25) is 0 Å². The first-order valence-electron chi connectivity index (χ1n) is 16.2. The number of thioether (sulfide) groups is 1. The van der Waals surface area contributed by atoms with Gasteiger partial charge in [0.2, 0.25) is 0 Å².